The third-order valence-corrected chi connectivity index (χ3v) is 8.86. The maximum absolute atomic E-state index is 12.9. The molecule has 10 nitrogen and oxygen atoms in total. The highest BCUT2D eigenvalue weighted by Gasteiger charge is 2.50. The summed E-state index contributed by atoms with van der Waals surface area (Å²) in [6.45, 7) is 6.78. The summed E-state index contributed by atoms with van der Waals surface area (Å²) in [7, 11) is -4.36. The molecule has 1 aliphatic rings. The van der Waals surface area contributed by atoms with E-state index in [1.165, 1.54) is 12.7 Å². The van der Waals surface area contributed by atoms with E-state index in [0.29, 0.717) is 17.6 Å². The number of imidazole rings is 1. The molecule has 3 rings (SSSR count). The number of rotatable bonds is 9. The molecule has 3 N–H and O–H groups in total. The Bertz CT molecular complexity index is 970. The van der Waals surface area contributed by atoms with Gasteiger partial charge in [0, 0.05) is 12.8 Å². The first-order valence-corrected chi connectivity index (χ1v) is 12.4. The van der Waals surface area contributed by atoms with Gasteiger partial charge in [-0.1, -0.05) is 32.4 Å². The zero-order valence-corrected chi connectivity index (χ0v) is 19.8. The van der Waals surface area contributed by atoms with Crippen molar-refractivity contribution in [1.82, 2.24) is 19.5 Å². The topological polar surface area (TPSA) is 140 Å². The molecule has 1 aliphatic heterocycles. The Morgan fingerprint density at radius 1 is 1.29 bits per heavy atom. The number of aliphatic hydroxyl groups excluding tert-OH is 1. The average Bonchev–Trinajstić information content (AvgIpc) is 3.31. The minimum atomic E-state index is -4.36. The highest BCUT2D eigenvalue weighted by Crippen LogP contribution is 2.60. The van der Waals surface area contributed by atoms with Gasteiger partial charge in [-0.15, -0.1) is 0 Å². The Balaban J connectivity index is 1.78. The molecule has 0 aromatic carbocycles. The molecule has 174 valence electrons. The van der Waals surface area contributed by atoms with E-state index in [1.807, 2.05) is 6.92 Å². The first-order chi connectivity index (χ1) is 14.5. The highest BCUT2D eigenvalue weighted by atomic mass is 35.5. The molecule has 0 bridgehead atoms. The maximum Gasteiger partial charge on any atom is 0.359 e. The number of hydrogen-bond donors (Lipinski definition) is 3. The molecule has 5 unspecified atom stereocenters. The number of halogens is 1. The minimum absolute atomic E-state index is 0.0832. The largest absolute Gasteiger partial charge is 0.390 e. The lowest BCUT2D eigenvalue weighted by Gasteiger charge is -2.38. The van der Waals surface area contributed by atoms with E-state index >= 15 is 0 Å². The van der Waals surface area contributed by atoms with Crippen LogP contribution in [-0.2, 0) is 13.8 Å². The molecule has 1 saturated heterocycles. The van der Waals surface area contributed by atoms with Crippen molar-refractivity contribution in [3.8, 4) is 0 Å². The summed E-state index contributed by atoms with van der Waals surface area (Å²) in [5, 5.41) is 19.6. The second-order valence-electron chi connectivity index (χ2n) is 8.23. The Morgan fingerprint density at radius 3 is 2.58 bits per heavy atom. The number of ether oxygens (including phenoxy) is 1. The molecule has 1 fully saturated rings. The summed E-state index contributed by atoms with van der Waals surface area (Å²) in [5.41, 5.74) is -0.165. The van der Waals surface area contributed by atoms with E-state index in [-0.39, 0.29) is 30.8 Å². The first-order valence-electron chi connectivity index (χ1n) is 10.4. The van der Waals surface area contributed by atoms with Crippen LogP contribution in [0.1, 0.15) is 66.0 Å². The van der Waals surface area contributed by atoms with Gasteiger partial charge in [-0.05, 0) is 26.2 Å². The monoisotopic (exact) mass is 476 g/mol. The lowest BCUT2D eigenvalue weighted by atomic mass is 9.93. The average molecular weight is 477 g/mol. The van der Waals surface area contributed by atoms with E-state index in [1.54, 1.807) is 25.3 Å². The van der Waals surface area contributed by atoms with Gasteiger partial charge in [0.1, 0.15) is 18.1 Å². The molecular formula is C19H30ClN4O6P. The Morgan fingerprint density at radius 2 is 1.97 bits per heavy atom. The zero-order valence-electron chi connectivity index (χ0n) is 18.1. The number of aliphatic hydroxyl groups is 2. The van der Waals surface area contributed by atoms with Crippen LogP contribution in [0.15, 0.2) is 12.7 Å². The van der Waals surface area contributed by atoms with Gasteiger partial charge in [0.15, 0.2) is 16.1 Å². The van der Waals surface area contributed by atoms with Crippen LogP contribution < -0.4 is 0 Å². The van der Waals surface area contributed by atoms with Crippen LogP contribution in [-0.4, -0.2) is 57.8 Å². The summed E-state index contributed by atoms with van der Waals surface area (Å²) in [6, 6.07) is 0. The van der Waals surface area contributed by atoms with Crippen LogP contribution in [0.2, 0.25) is 5.15 Å². The fourth-order valence-electron chi connectivity index (χ4n) is 3.81. The summed E-state index contributed by atoms with van der Waals surface area (Å²) in [6.07, 6.45) is 1.83. The maximum atomic E-state index is 12.9. The molecule has 31 heavy (non-hydrogen) atoms. The molecule has 5 atom stereocenters. The third kappa shape index (κ3) is 4.66. The van der Waals surface area contributed by atoms with Crippen molar-refractivity contribution in [1.29, 1.82) is 0 Å². The van der Waals surface area contributed by atoms with Crippen molar-refractivity contribution in [2.75, 3.05) is 0 Å². The van der Waals surface area contributed by atoms with Crippen molar-refractivity contribution >= 4 is 30.4 Å². The van der Waals surface area contributed by atoms with Gasteiger partial charge in [-0.25, -0.2) is 15.0 Å². The van der Waals surface area contributed by atoms with E-state index in [0.717, 1.165) is 0 Å². The molecule has 2 aromatic rings. The van der Waals surface area contributed by atoms with Gasteiger partial charge < -0.3 is 24.4 Å². The van der Waals surface area contributed by atoms with Crippen LogP contribution in [0.3, 0.4) is 0 Å². The molecule has 3 heterocycles. The number of hydrogen-bond acceptors (Lipinski definition) is 8. The van der Waals surface area contributed by atoms with Crippen molar-refractivity contribution in [2.45, 2.75) is 89.2 Å². The number of fused-ring (bicyclic) bond motifs is 1. The minimum Gasteiger partial charge on any atom is -0.390 e. The van der Waals surface area contributed by atoms with Crippen molar-refractivity contribution in [2.24, 2.45) is 0 Å². The van der Waals surface area contributed by atoms with Gasteiger partial charge in [0.2, 0.25) is 0 Å². The number of aromatic nitrogens is 4. The highest BCUT2D eigenvalue weighted by molar-refractivity contribution is 7.54. The van der Waals surface area contributed by atoms with Crippen LogP contribution in [0, 0.1) is 0 Å². The molecule has 0 radical (unpaired) electrons. The lowest BCUT2D eigenvalue weighted by molar-refractivity contribution is -0.0667. The first kappa shape index (κ1) is 24.5. The fourth-order valence-corrected chi connectivity index (χ4v) is 5.76. The predicted octanol–water partition coefficient (Wildman–Crippen LogP) is 3.40. The second kappa shape index (κ2) is 9.02. The van der Waals surface area contributed by atoms with E-state index < -0.39 is 37.0 Å². The Hall–Kier alpha value is -1.13. The molecule has 0 spiro atoms. The molecule has 12 heteroatoms. The number of nitrogens with zero attached hydrogens (tertiary/aromatic N) is 4. The quantitative estimate of drug-likeness (QED) is 0.367. The van der Waals surface area contributed by atoms with Crippen LogP contribution in [0.25, 0.3) is 11.2 Å². The normalized spacial score (nSPS) is 26.1. The van der Waals surface area contributed by atoms with Crippen LogP contribution in [0.5, 0.6) is 0 Å². The molecule has 0 aliphatic carbocycles. The van der Waals surface area contributed by atoms with Crippen LogP contribution in [0.4, 0.5) is 0 Å². The van der Waals surface area contributed by atoms with E-state index in [2.05, 4.69) is 15.0 Å². The van der Waals surface area contributed by atoms with Gasteiger partial charge in [-0.3, -0.25) is 9.13 Å². The van der Waals surface area contributed by atoms with Gasteiger partial charge in [0.05, 0.1) is 24.1 Å². The van der Waals surface area contributed by atoms with Gasteiger partial charge in [0.25, 0.3) is 0 Å². The summed E-state index contributed by atoms with van der Waals surface area (Å²) >= 11 is 6.06. The standard InChI is InChI=1S/C19H30ClN4O6P/c1-5-18(4,30-31(27,28)19(26,6-2)7-3)9-13-12(25)8-14(29-13)24-11-23-15-16(20)21-10-22-17(15)24/h10-14,25-26H,5-9H2,1-4H3,(H,27,28). The van der Waals surface area contributed by atoms with Crippen molar-refractivity contribution in [3.63, 3.8) is 0 Å². The zero-order chi connectivity index (χ0) is 23.0. The molecular weight excluding hydrogens is 447 g/mol. The fraction of sp³-hybridized carbons (Fsp3) is 0.737. The van der Waals surface area contributed by atoms with E-state index in [9.17, 15) is 19.7 Å². The van der Waals surface area contributed by atoms with Gasteiger partial charge in [-0.2, -0.15) is 0 Å². The Kier molecular flexibility index (Phi) is 7.13. The van der Waals surface area contributed by atoms with Gasteiger partial charge >= 0.3 is 7.60 Å². The SMILES string of the molecule is CCC(C)(CC1OC(n2cnc3c(Cl)ncnc32)CC1O)OP(=O)(O)C(O)(CC)CC. The molecule has 0 amide bonds. The van der Waals surface area contributed by atoms with Crippen molar-refractivity contribution < 1.29 is 28.9 Å². The molecule has 0 saturated carbocycles. The lowest BCUT2D eigenvalue weighted by Crippen LogP contribution is -2.39. The summed E-state index contributed by atoms with van der Waals surface area (Å²) in [4.78, 5) is 22.9. The molecule has 2 aromatic heterocycles. The second-order valence-corrected chi connectivity index (χ2v) is 10.6. The predicted molar refractivity (Wildman–Crippen MR) is 115 cm³/mol. The van der Waals surface area contributed by atoms with Crippen LogP contribution >= 0.6 is 19.2 Å². The summed E-state index contributed by atoms with van der Waals surface area (Å²) < 4.78 is 26.3. The van der Waals surface area contributed by atoms with E-state index in [4.69, 9.17) is 20.9 Å². The smallest absolute Gasteiger partial charge is 0.359 e. The van der Waals surface area contributed by atoms with Crippen molar-refractivity contribution in [3.05, 3.63) is 17.8 Å². The third-order valence-electron chi connectivity index (χ3n) is 6.21. The summed E-state index contributed by atoms with van der Waals surface area (Å²) in [5.74, 6) is 0. The Labute approximate surface area is 186 Å².